The zero-order valence-electron chi connectivity index (χ0n) is 14.0. The van der Waals surface area contributed by atoms with E-state index in [1.165, 1.54) is 6.26 Å². The predicted molar refractivity (Wildman–Crippen MR) is 86.7 cm³/mol. The molecule has 1 unspecified atom stereocenters. The van der Waals surface area contributed by atoms with Crippen molar-refractivity contribution in [2.45, 2.75) is 38.3 Å². The molecule has 1 aliphatic heterocycles. The molecule has 7 heteroatoms. The van der Waals surface area contributed by atoms with Gasteiger partial charge in [0, 0.05) is 18.9 Å². The number of ether oxygens (including phenoxy) is 1. The lowest BCUT2D eigenvalue weighted by Crippen LogP contribution is -2.38. The number of nitrogens with zero attached hydrogens (tertiary/aromatic N) is 2. The smallest absolute Gasteiger partial charge is 0.254 e. The average molecular weight is 333 g/mol. The third kappa shape index (κ3) is 3.37. The lowest BCUT2D eigenvalue weighted by atomic mass is 10.0. The van der Waals surface area contributed by atoms with Gasteiger partial charge in [0.05, 0.1) is 30.6 Å². The van der Waals surface area contributed by atoms with Crippen molar-refractivity contribution >= 4 is 5.91 Å². The van der Waals surface area contributed by atoms with Crippen LogP contribution in [-0.2, 0) is 10.3 Å². The number of furan rings is 1. The van der Waals surface area contributed by atoms with E-state index in [1.54, 1.807) is 25.3 Å². The van der Waals surface area contributed by atoms with Gasteiger partial charge in [0.25, 0.3) is 5.91 Å². The maximum absolute atomic E-state index is 12.4. The highest BCUT2D eigenvalue weighted by molar-refractivity contribution is 5.95. The molecule has 0 bridgehead atoms. The van der Waals surface area contributed by atoms with Crippen molar-refractivity contribution in [3.63, 3.8) is 0 Å². The van der Waals surface area contributed by atoms with E-state index in [4.69, 9.17) is 9.15 Å². The van der Waals surface area contributed by atoms with Crippen LogP contribution in [0.1, 0.15) is 47.6 Å². The largest absolute Gasteiger partial charge is 0.466 e. The molecule has 2 N–H and O–H groups in total. The lowest BCUT2D eigenvalue weighted by molar-refractivity contribution is 0.0330. The van der Waals surface area contributed by atoms with Gasteiger partial charge in [-0.3, -0.25) is 9.48 Å². The van der Waals surface area contributed by atoms with Crippen molar-refractivity contribution in [3.8, 4) is 0 Å². The molecule has 0 radical (unpaired) electrons. The highest BCUT2D eigenvalue weighted by Gasteiger charge is 2.28. The molecule has 1 saturated heterocycles. The molecular weight excluding hydrogens is 310 g/mol. The molecule has 2 aromatic rings. The van der Waals surface area contributed by atoms with E-state index in [-0.39, 0.29) is 18.5 Å². The second-order valence-electron chi connectivity index (χ2n) is 6.37. The molecule has 1 amide bonds. The highest BCUT2D eigenvalue weighted by Crippen LogP contribution is 2.24. The Kier molecular flexibility index (Phi) is 4.73. The zero-order valence-corrected chi connectivity index (χ0v) is 14.0. The van der Waals surface area contributed by atoms with Gasteiger partial charge in [0.1, 0.15) is 11.4 Å². The van der Waals surface area contributed by atoms with Gasteiger partial charge in [-0.25, -0.2) is 0 Å². The van der Waals surface area contributed by atoms with Gasteiger partial charge >= 0.3 is 0 Å². The minimum Gasteiger partial charge on any atom is -0.466 e. The monoisotopic (exact) mass is 333 g/mol. The van der Waals surface area contributed by atoms with Crippen molar-refractivity contribution in [1.29, 1.82) is 0 Å². The Morgan fingerprint density at radius 1 is 1.50 bits per heavy atom. The van der Waals surface area contributed by atoms with E-state index in [9.17, 15) is 9.90 Å². The van der Waals surface area contributed by atoms with Crippen molar-refractivity contribution in [3.05, 3.63) is 41.6 Å². The summed E-state index contributed by atoms with van der Waals surface area (Å²) in [5, 5.41) is 17.5. The molecular formula is C17H23N3O4. The summed E-state index contributed by atoms with van der Waals surface area (Å²) in [6.07, 6.45) is 4.88. The first kappa shape index (κ1) is 16.7. The van der Waals surface area contributed by atoms with Crippen LogP contribution in [0.25, 0.3) is 0 Å². The third-order valence-corrected chi connectivity index (χ3v) is 4.47. The molecule has 24 heavy (non-hydrogen) atoms. The van der Waals surface area contributed by atoms with Crippen molar-refractivity contribution < 1.29 is 19.1 Å². The SMILES string of the molecule is Cc1c(C(=O)NCC(C)(O)c2ccco2)cnn1C1CCOCC1. The molecule has 3 heterocycles. The van der Waals surface area contributed by atoms with Gasteiger partial charge in [-0.1, -0.05) is 0 Å². The molecule has 0 aliphatic carbocycles. The Morgan fingerprint density at radius 3 is 2.92 bits per heavy atom. The Bertz CT molecular complexity index is 685. The normalized spacial score (nSPS) is 18.3. The fourth-order valence-corrected chi connectivity index (χ4v) is 2.96. The first-order valence-corrected chi connectivity index (χ1v) is 8.15. The van der Waals surface area contributed by atoms with Crippen LogP contribution in [0.15, 0.2) is 29.0 Å². The predicted octanol–water partition coefficient (Wildman–Crippen LogP) is 1.77. The summed E-state index contributed by atoms with van der Waals surface area (Å²) in [5.41, 5.74) is 0.0952. The van der Waals surface area contributed by atoms with Crippen LogP contribution in [-0.4, -0.2) is 40.6 Å². The minimum absolute atomic E-state index is 0.0568. The molecule has 2 aromatic heterocycles. The van der Waals surface area contributed by atoms with Crippen LogP contribution in [0.3, 0.4) is 0 Å². The number of carbonyl (C=O) groups is 1. The van der Waals surface area contributed by atoms with Crippen LogP contribution < -0.4 is 5.32 Å². The molecule has 1 aliphatic rings. The Morgan fingerprint density at radius 2 is 2.25 bits per heavy atom. The van der Waals surface area contributed by atoms with Gasteiger partial charge in [0.15, 0.2) is 0 Å². The number of nitrogens with one attached hydrogen (secondary N) is 1. The molecule has 3 rings (SSSR count). The second kappa shape index (κ2) is 6.78. The molecule has 0 saturated carbocycles. The van der Waals surface area contributed by atoms with Crippen LogP contribution in [0.5, 0.6) is 0 Å². The van der Waals surface area contributed by atoms with E-state index in [1.807, 2.05) is 11.6 Å². The fourth-order valence-electron chi connectivity index (χ4n) is 2.96. The lowest BCUT2D eigenvalue weighted by Gasteiger charge is -2.24. The van der Waals surface area contributed by atoms with E-state index in [2.05, 4.69) is 10.4 Å². The van der Waals surface area contributed by atoms with E-state index in [0.717, 1.165) is 31.7 Å². The van der Waals surface area contributed by atoms with Crippen LogP contribution in [0.4, 0.5) is 0 Å². The van der Waals surface area contributed by atoms with Gasteiger partial charge < -0.3 is 19.6 Å². The molecule has 130 valence electrons. The molecule has 7 nitrogen and oxygen atoms in total. The summed E-state index contributed by atoms with van der Waals surface area (Å²) in [6.45, 7) is 4.99. The molecule has 0 spiro atoms. The van der Waals surface area contributed by atoms with Gasteiger partial charge in [-0.05, 0) is 38.8 Å². The summed E-state index contributed by atoms with van der Waals surface area (Å²) in [4.78, 5) is 12.4. The number of aliphatic hydroxyl groups is 1. The topological polar surface area (TPSA) is 89.5 Å². The quantitative estimate of drug-likeness (QED) is 0.870. The van der Waals surface area contributed by atoms with Crippen LogP contribution >= 0.6 is 0 Å². The van der Waals surface area contributed by atoms with Crippen LogP contribution in [0.2, 0.25) is 0 Å². The summed E-state index contributed by atoms with van der Waals surface area (Å²) in [5.74, 6) is 0.162. The Hall–Kier alpha value is -2.12. The van der Waals surface area contributed by atoms with Crippen molar-refractivity contribution in [1.82, 2.24) is 15.1 Å². The van der Waals surface area contributed by atoms with Crippen molar-refractivity contribution in [2.75, 3.05) is 19.8 Å². The molecule has 0 aromatic carbocycles. The average Bonchev–Trinajstić information content (AvgIpc) is 3.24. The van der Waals surface area contributed by atoms with E-state index < -0.39 is 5.60 Å². The third-order valence-electron chi connectivity index (χ3n) is 4.47. The summed E-state index contributed by atoms with van der Waals surface area (Å²) in [6, 6.07) is 3.65. The molecule has 1 atom stereocenters. The summed E-state index contributed by atoms with van der Waals surface area (Å²) in [7, 11) is 0. The number of amides is 1. The number of rotatable bonds is 5. The number of hydrogen-bond acceptors (Lipinski definition) is 5. The summed E-state index contributed by atoms with van der Waals surface area (Å²) >= 11 is 0. The zero-order chi connectivity index (χ0) is 17.2. The van der Waals surface area contributed by atoms with Crippen LogP contribution in [0, 0.1) is 6.92 Å². The first-order valence-electron chi connectivity index (χ1n) is 8.15. The van der Waals surface area contributed by atoms with Gasteiger partial charge in [0.2, 0.25) is 0 Å². The Labute approximate surface area is 140 Å². The van der Waals surface area contributed by atoms with E-state index in [0.29, 0.717) is 11.3 Å². The highest BCUT2D eigenvalue weighted by atomic mass is 16.5. The fraction of sp³-hybridized carbons (Fsp3) is 0.529. The van der Waals surface area contributed by atoms with Crippen molar-refractivity contribution in [2.24, 2.45) is 0 Å². The van der Waals surface area contributed by atoms with Gasteiger partial charge in [-0.2, -0.15) is 5.10 Å². The maximum atomic E-state index is 12.4. The van der Waals surface area contributed by atoms with E-state index >= 15 is 0 Å². The number of aromatic nitrogens is 2. The molecule has 1 fully saturated rings. The maximum Gasteiger partial charge on any atom is 0.254 e. The Balaban J connectivity index is 1.66. The number of carbonyl (C=O) groups excluding carboxylic acids is 1. The number of hydrogen-bond donors (Lipinski definition) is 2. The first-order chi connectivity index (χ1) is 11.5. The summed E-state index contributed by atoms with van der Waals surface area (Å²) < 4.78 is 12.5. The van der Waals surface area contributed by atoms with Gasteiger partial charge in [-0.15, -0.1) is 0 Å². The standard InChI is InChI=1S/C17H23N3O4/c1-12-14(10-19-20(12)13-5-8-23-9-6-13)16(21)18-11-17(2,22)15-4-3-7-24-15/h3-4,7,10,13,22H,5-6,8-9,11H2,1-2H3,(H,18,21). The second-order valence-corrected chi connectivity index (χ2v) is 6.37. The minimum atomic E-state index is -1.26.